The van der Waals surface area contributed by atoms with E-state index in [1.807, 2.05) is 61.7 Å². The summed E-state index contributed by atoms with van der Waals surface area (Å²) in [7, 11) is 1.36. The summed E-state index contributed by atoms with van der Waals surface area (Å²) in [6, 6.07) is 15.3. The van der Waals surface area contributed by atoms with Crippen molar-refractivity contribution in [2.24, 2.45) is 5.92 Å². The third-order valence-electron chi connectivity index (χ3n) is 7.07. The highest BCUT2D eigenvalue weighted by Gasteiger charge is 2.56. The predicted octanol–water partition coefficient (Wildman–Crippen LogP) is 5.78. The lowest BCUT2D eigenvalue weighted by Crippen LogP contribution is -2.71. The first-order chi connectivity index (χ1) is 17.3. The maximum Gasteiger partial charge on any atom is 0.305 e. The van der Waals surface area contributed by atoms with Gasteiger partial charge in [-0.15, -0.1) is 11.3 Å². The standard InChI is InChI=1S/C28H31ClN2O4S/c1-19(2)28(13-15-31(28)26(33)23-18-36-24-11-5-4-10-22(23)24)27(34)30(14-7-12-25(32)35-3)17-20-8-6-9-21(29)16-20/h4-6,8-11,16,18-19H,7,12-15,17H2,1-3H3. The van der Waals surface area contributed by atoms with Crippen molar-refractivity contribution < 1.29 is 19.1 Å². The van der Waals surface area contributed by atoms with Gasteiger partial charge in [-0.25, -0.2) is 0 Å². The molecule has 190 valence electrons. The molecule has 6 nitrogen and oxygen atoms in total. The van der Waals surface area contributed by atoms with Gasteiger partial charge in [0.15, 0.2) is 0 Å². The number of ether oxygens (including phenoxy) is 1. The van der Waals surface area contributed by atoms with Crippen LogP contribution in [0.3, 0.4) is 0 Å². The second-order valence-electron chi connectivity index (χ2n) is 9.47. The van der Waals surface area contributed by atoms with E-state index in [0.717, 1.165) is 15.6 Å². The Kier molecular flexibility index (Phi) is 8.00. The molecule has 1 atom stereocenters. The number of halogens is 1. The van der Waals surface area contributed by atoms with E-state index in [-0.39, 0.29) is 30.1 Å². The van der Waals surface area contributed by atoms with Gasteiger partial charge in [0.25, 0.3) is 5.91 Å². The molecule has 2 amide bonds. The molecule has 8 heteroatoms. The molecule has 0 aliphatic carbocycles. The molecule has 2 heterocycles. The molecule has 36 heavy (non-hydrogen) atoms. The van der Waals surface area contributed by atoms with Crippen LogP contribution in [0.15, 0.2) is 53.9 Å². The first kappa shape index (κ1) is 26.2. The Balaban J connectivity index is 1.64. The van der Waals surface area contributed by atoms with Gasteiger partial charge >= 0.3 is 5.97 Å². The van der Waals surface area contributed by atoms with Gasteiger partial charge in [-0.1, -0.05) is 55.8 Å². The molecule has 1 unspecified atom stereocenters. The number of benzene rings is 2. The fraction of sp³-hybridized carbons (Fsp3) is 0.393. The van der Waals surface area contributed by atoms with Gasteiger partial charge in [-0.2, -0.15) is 0 Å². The molecule has 0 spiro atoms. The Morgan fingerprint density at radius 1 is 1.17 bits per heavy atom. The zero-order valence-corrected chi connectivity index (χ0v) is 22.4. The number of carbonyl (C=O) groups is 3. The van der Waals surface area contributed by atoms with Crippen LogP contribution < -0.4 is 0 Å². The van der Waals surface area contributed by atoms with E-state index in [4.69, 9.17) is 16.3 Å². The number of nitrogens with zero attached hydrogens (tertiary/aromatic N) is 2. The van der Waals surface area contributed by atoms with Crippen molar-refractivity contribution >= 4 is 50.8 Å². The molecule has 1 aliphatic rings. The maximum atomic E-state index is 14.3. The summed E-state index contributed by atoms with van der Waals surface area (Å²) < 4.78 is 5.83. The Morgan fingerprint density at radius 3 is 2.61 bits per heavy atom. The molecular formula is C28H31ClN2O4S. The normalized spacial score (nSPS) is 17.2. The number of fused-ring (bicyclic) bond motifs is 1. The molecule has 0 bridgehead atoms. The van der Waals surface area contributed by atoms with E-state index in [1.165, 1.54) is 18.4 Å². The molecule has 1 fully saturated rings. The van der Waals surface area contributed by atoms with E-state index in [0.29, 0.717) is 43.1 Å². The van der Waals surface area contributed by atoms with Crippen LogP contribution in [0.25, 0.3) is 10.1 Å². The number of methoxy groups -OCH3 is 1. The lowest BCUT2D eigenvalue weighted by Gasteiger charge is -2.55. The fourth-order valence-corrected chi connectivity index (χ4v) is 6.15. The van der Waals surface area contributed by atoms with Crippen molar-refractivity contribution in [3.05, 3.63) is 70.1 Å². The zero-order valence-electron chi connectivity index (χ0n) is 20.8. The first-order valence-corrected chi connectivity index (χ1v) is 13.4. The summed E-state index contributed by atoms with van der Waals surface area (Å²) in [4.78, 5) is 43.3. The van der Waals surface area contributed by atoms with Crippen molar-refractivity contribution in [1.82, 2.24) is 9.80 Å². The molecule has 1 aromatic heterocycles. The van der Waals surface area contributed by atoms with Gasteiger partial charge in [0.05, 0.1) is 12.7 Å². The maximum absolute atomic E-state index is 14.3. The summed E-state index contributed by atoms with van der Waals surface area (Å²) in [5.74, 6) is -0.608. The highest BCUT2D eigenvalue weighted by atomic mass is 35.5. The van der Waals surface area contributed by atoms with Crippen LogP contribution in [0.4, 0.5) is 0 Å². The fourth-order valence-electron chi connectivity index (χ4n) is 5.00. The molecule has 0 saturated carbocycles. The Hall–Kier alpha value is -2.90. The largest absolute Gasteiger partial charge is 0.469 e. The number of esters is 1. The van der Waals surface area contributed by atoms with Gasteiger partial charge < -0.3 is 14.5 Å². The SMILES string of the molecule is COC(=O)CCCN(Cc1cccc(Cl)c1)C(=O)C1(C(C)C)CCN1C(=O)c1csc2ccccc12. The summed E-state index contributed by atoms with van der Waals surface area (Å²) in [6.45, 7) is 5.24. The number of carbonyl (C=O) groups excluding carboxylic acids is 3. The number of hydrogen-bond acceptors (Lipinski definition) is 5. The van der Waals surface area contributed by atoms with E-state index in [1.54, 1.807) is 15.9 Å². The van der Waals surface area contributed by atoms with Gasteiger partial charge in [0, 0.05) is 46.5 Å². The summed E-state index contributed by atoms with van der Waals surface area (Å²) >= 11 is 7.74. The van der Waals surface area contributed by atoms with Crippen molar-refractivity contribution in [2.75, 3.05) is 20.2 Å². The van der Waals surface area contributed by atoms with E-state index in [9.17, 15) is 14.4 Å². The van der Waals surface area contributed by atoms with Crippen molar-refractivity contribution in [3.8, 4) is 0 Å². The van der Waals surface area contributed by atoms with Crippen LogP contribution in [0.2, 0.25) is 5.02 Å². The monoisotopic (exact) mass is 526 g/mol. The zero-order chi connectivity index (χ0) is 25.9. The second kappa shape index (κ2) is 11.0. The number of amides is 2. The molecule has 4 rings (SSSR count). The van der Waals surface area contributed by atoms with Crippen molar-refractivity contribution in [2.45, 2.75) is 45.2 Å². The number of thiophene rings is 1. The summed E-state index contributed by atoms with van der Waals surface area (Å²) in [5.41, 5.74) is 0.596. The third kappa shape index (κ3) is 5.00. The second-order valence-corrected chi connectivity index (χ2v) is 10.8. The van der Waals surface area contributed by atoms with Crippen LogP contribution in [-0.4, -0.2) is 53.3 Å². The molecule has 0 N–H and O–H groups in total. The van der Waals surface area contributed by atoms with Crippen molar-refractivity contribution in [3.63, 3.8) is 0 Å². The van der Waals surface area contributed by atoms with Gasteiger partial charge in [-0.3, -0.25) is 14.4 Å². The third-order valence-corrected chi connectivity index (χ3v) is 8.27. The van der Waals surface area contributed by atoms with E-state index in [2.05, 4.69) is 0 Å². The summed E-state index contributed by atoms with van der Waals surface area (Å²) in [5, 5.41) is 3.40. The number of likely N-dealkylation sites (tertiary alicyclic amines) is 1. The smallest absolute Gasteiger partial charge is 0.305 e. The molecular weight excluding hydrogens is 496 g/mol. The number of rotatable bonds is 9. The van der Waals surface area contributed by atoms with Crippen molar-refractivity contribution in [1.29, 1.82) is 0 Å². The average Bonchev–Trinajstić information content (AvgIpc) is 3.27. The van der Waals surface area contributed by atoms with Crippen LogP contribution in [0.1, 0.15) is 49.0 Å². The Bertz CT molecular complexity index is 1270. The first-order valence-electron chi connectivity index (χ1n) is 12.2. The minimum Gasteiger partial charge on any atom is -0.469 e. The lowest BCUT2D eigenvalue weighted by molar-refractivity contribution is -0.156. The number of hydrogen-bond donors (Lipinski definition) is 0. The van der Waals surface area contributed by atoms with Crippen LogP contribution in [-0.2, 0) is 20.9 Å². The molecule has 0 radical (unpaired) electrons. The van der Waals surface area contributed by atoms with Gasteiger partial charge in [0.2, 0.25) is 5.91 Å². The quantitative estimate of drug-likeness (QED) is 0.332. The van der Waals surface area contributed by atoms with Gasteiger partial charge in [0.1, 0.15) is 5.54 Å². The van der Waals surface area contributed by atoms with Crippen LogP contribution >= 0.6 is 22.9 Å². The molecule has 1 saturated heterocycles. The van der Waals surface area contributed by atoms with Gasteiger partial charge in [-0.05, 0) is 42.5 Å². The minimum atomic E-state index is -0.941. The molecule has 2 aromatic carbocycles. The predicted molar refractivity (Wildman–Crippen MR) is 143 cm³/mol. The Labute approximate surface area is 220 Å². The minimum absolute atomic E-state index is 0.0879. The van der Waals surface area contributed by atoms with E-state index < -0.39 is 5.54 Å². The van der Waals surface area contributed by atoms with E-state index >= 15 is 0 Å². The highest BCUT2D eigenvalue weighted by molar-refractivity contribution is 7.17. The summed E-state index contributed by atoms with van der Waals surface area (Å²) in [6.07, 6.45) is 1.28. The molecule has 3 aromatic rings. The average molecular weight is 527 g/mol. The Morgan fingerprint density at radius 2 is 1.94 bits per heavy atom. The topological polar surface area (TPSA) is 66.9 Å². The highest BCUT2D eigenvalue weighted by Crippen LogP contribution is 2.42. The molecule has 1 aliphatic heterocycles. The lowest BCUT2D eigenvalue weighted by atomic mass is 9.73. The van der Waals surface area contributed by atoms with Crippen LogP contribution in [0.5, 0.6) is 0 Å². The van der Waals surface area contributed by atoms with Crippen LogP contribution in [0, 0.1) is 5.92 Å².